The number of methoxy groups -OCH3 is 1. The van der Waals surface area contributed by atoms with Crippen molar-refractivity contribution < 1.29 is 19.2 Å². The van der Waals surface area contributed by atoms with Gasteiger partial charge in [-0.15, -0.1) is 0 Å². The van der Waals surface area contributed by atoms with Crippen molar-refractivity contribution in [2.45, 2.75) is 19.8 Å². The molecule has 2 N–H and O–H groups in total. The molecule has 114 valence electrons. The number of para-hydroxylation sites is 1. The van der Waals surface area contributed by atoms with E-state index in [1.807, 2.05) is 0 Å². The molecular weight excluding hydrogens is 268 g/mol. The summed E-state index contributed by atoms with van der Waals surface area (Å²) in [6.07, 6.45) is 2.34. The summed E-state index contributed by atoms with van der Waals surface area (Å²) in [6, 6.07) is 6.91. The molecule has 1 aliphatic heterocycles. The Bertz CT molecular complexity index is 508. The summed E-state index contributed by atoms with van der Waals surface area (Å²) in [5, 5.41) is 2.82. The number of piperidine rings is 1. The third-order valence-corrected chi connectivity index (χ3v) is 4.00. The molecule has 5 nitrogen and oxygen atoms in total. The first-order chi connectivity index (χ1) is 10.1. The Labute approximate surface area is 125 Å². The van der Waals surface area contributed by atoms with Crippen LogP contribution in [0.2, 0.25) is 0 Å². The van der Waals surface area contributed by atoms with Gasteiger partial charge >= 0.3 is 5.97 Å². The molecule has 1 aromatic carbocycles. The van der Waals surface area contributed by atoms with Crippen LogP contribution in [0.3, 0.4) is 0 Å². The maximum absolute atomic E-state index is 12.1. The number of quaternary nitrogens is 1. The number of likely N-dealkylation sites (tertiary alicyclic amines) is 1. The fourth-order valence-electron chi connectivity index (χ4n) is 2.65. The van der Waals surface area contributed by atoms with Crippen LogP contribution in [0.25, 0.3) is 0 Å². The van der Waals surface area contributed by atoms with E-state index in [2.05, 4.69) is 12.2 Å². The van der Waals surface area contributed by atoms with Gasteiger partial charge in [0, 0.05) is 0 Å². The largest absolute Gasteiger partial charge is 0.465 e. The lowest BCUT2D eigenvalue weighted by Crippen LogP contribution is -3.14. The van der Waals surface area contributed by atoms with Crippen molar-refractivity contribution in [3.63, 3.8) is 0 Å². The molecule has 0 aromatic heterocycles. The minimum atomic E-state index is -0.440. The normalized spacial score (nSPS) is 21.6. The lowest BCUT2D eigenvalue weighted by molar-refractivity contribution is -0.897. The van der Waals surface area contributed by atoms with Crippen molar-refractivity contribution in [1.29, 1.82) is 0 Å². The molecule has 0 saturated carbocycles. The van der Waals surface area contributed by atoms with Gasteiger partial charge in [-0.1, -0.05) is 19.1 Å². The van der Waals surface area contributed by atoms with Gasteiger partial charge in [0.05, 0.1) is 31.5 Å². The second-order valence-electron chi connectivity index (χ2n) is 5.69. The second-order valence-corrected chi connectivity index (χ2v) is 5.69. The molecule has 0 atom stereocenters. The van der Waals surface area contributed by atoms with Crippen LogP contribution in [0.5, 0.6) is 0 Å². The molecule has 0 aliphatic carbocycles. The zero-order valence-electron chi connectivity index (χ0n) is 12.6. The quantitative estimate of drug-likeness (QED) is 0.804. The van der Waals surface area contributed by atoms with E-state index in [-0.39, 0.29) is 5.91 Å². The lowest BCUT2D eigenvalue weighted by Gasteiger charge is -2.26. The molecule has 1 amide bonds. The highest BCUT2D eigenvalue weighted by Crippen LogP contribution is 2.15. The van der Waals surface area contributed by atoms with Crippen LogP contribution < -0.4 is 10.2 Å². The van der Waals surface area contributed by atoms with Crippen molar-refractivity contribution >= 4 is 17.6 Å². The Kier molecular flexibility index (Phi) is 5.33. The number of carbonyl (C=O) groups is 2. The Morgan fingerprint density at radius 2 is 1.95 bits per heavy atom. The van der Waals surface area contributed by atoms with Crippen molar-refractivity contribution in [3.8, 4) is 0 Å². The van der Waals surface area contributed by atoms with E-state index in [1.54, 1.807) is 24.3 Å². The minimum absolute atomic E-state index is 0.0593. The number of ether oxygens (including phenoxy) is 1. The number of benzene rings is 1. The molecule has 0 spiro atoms. The molecule has 1 fully saturated rings. The van der Waals surface area contributed by atoms with Crippen LogP contribution in [0.1, 0.15) is 30.1 Å². The molecule has 2 rings (SSSR count). The zero-order chi connectivity index (χ0) is 15.2. The first-order valence-electron chi connectivity index (χ1n) is 7.41. The van der Waals surface area contributed by atoms with Crippen LogP contribution in [0.15, 0.2) is 24.3 Å². The van der Waals surface area contributed by atoms with Gasteiger partial charge in [0.2, 0.25) is 0 Å². The van der Waals surface area contributed by atoms with Gasteiger partial charge in [0.25, 0.3) is 5.91 Å². The number of hydrogen-bond acceptors (Lipinski definition) is 3. The van der Waals surface area contributed by atoms with Gasteiger partial charge in [-0.25, -0.2) is 4.79 Å². The Hall–Kier alpha value is -1.88. The molecule has 1 heterocycles. The van der Waals surface area contributed by atoms with Gasteiger partial charge in [-0.05, 0) is 30.9 Å². The topological polar surface area (TPSA) is 59.8 Å². The van der Waals surface area contributed by atoms with Crippen molar-refractivity contribution in [2.75, 3.05) is 32.1 Å². The lowest BCUT2D eigenvalue weighted by atomic mass is 9.99. The highest BCUT2D eigenvalue weighted by atomic mass is 16.5. The van der Waals surface area contributed by atoms with Gasteiger partial charge in [-0.3, -0.25) is 4.79 Å². The van der Waals surface area contributed by atoms with E-state index in [9.17, 15) is 9.59 Å². The first kappa shape index (κ1) is 15.5. The Balaban J connectivity index is 1.95. The standard InChI is InChI=1S/C16H22N2O3/c1-12-7-9-18(10-8-12)11-15(19)17-14-6-4-3-5-13(14)16(20)21-2/h3-6,12H,7-11H2,1-2H3,(H,17,19)/p+1. The van der Waals surface area contributed by atoms with Crippen molar-refractivity contribution in [2.24, 2.45) is 5.92 Å². The molecule has 5 heteroatoms. The predicted molar refractivity (Wildman–Crippen MR) is 80.4 cm³/mol. The van der Waals surface area contributed by atoms with E-state index in [4.69, 9.17) is 4.74 Å². The van der Waals surface area contributed by atoms with E-state index in [0.29, 0.717) is 17.8 Å². The molecule has 1 aromatic rings. The third kappa shape index (κ3) is 4.29. The summed E-state index contributed by atoms with van der Waals surface area (Å²) in [6.45, 7) is 4.77. The van der Waals surface area contributed by atoms with E-state index < -0.39 is 5.97 Å². The van der Waals surface area contributed by atoms with E-state index in [0.717, 1.165) is 19.0 Å². The van der Waals surface area contributed by atoms with Crippen LogP contribution in [-0.4, -0.2) is 38.6 Å². The fraction of sp³-hybridized carbons (Fsp3) is 0.500. The molecule has 0 bridgehead atoms. The molecule has 0 unspecified atom stereocenters. The predicted octanol–water partition coefficient (Wildman–Crippen LogP) is 0.726. The monoisotopic (exact) mass is 291 g/mol. The fourth-order valence-corrected chi connectivity index (χ4v) is 2.65. The number of nitrogens with one attached hydrogen (secondary N) is 2. The molecule has 1 saturated heterocycles. The minimum Gasteiger partial charge on any atom is -0.465 e. The second kappa shape index (κ2) is 7.22. The summed E-state index contributed by atoms with van der Waals surface area (Å²) in [7, 11) is 1.33. The number of esters is 1. The first-order valence-corrected chi connectivity index (χ1v) is 7.41. The highest BCUT2D eigenvalue weighted by Gasteiger charge is 2.22. The third-order valence-electron chi connectivity index (χ3n) is 4.00. The number of amides is 1. The average molecular weight is 291 g/mol. The summed E-state index contributed by atoms with van der Waals surface area (Å²) in [4.78, 5) is 25.1. The smallest absolute Gasteiger partial charge is 0.339 e. The van der Waals surface area contributed by atoms with E-state index >= 15 is 0 Å². The van der Waals surface area contributed by atoms with Crippen LogP contribution >= 0.6 is 0 Å². The molecule has 21 heavy (non-hydrogen) atoms. The van der Waals surface area contributed by atoms with Crippen LogP contribution in [-0.2, 0) is 9.53 Å². The average Bonchev–Trinajstić information content (AvgIpc) is 2.49. The van der Waals surface area contributed by atoms with Gasteiger partial charge in [0.15, 0.2) is 6.54 Å². The molecule has 0 radical (unpaired) electrons. The maximum Gasteiger partial charge on any atom is 0.339 e. The number of carbonyl (C=O) groups excluding carboxylic acids is 2. The number of hydrogen-bond donors (Lipinski definition) is 2. The highest BCUT2D eigenvalue weighted by molar-refractivity contribution is 6.01. The molecule has 1 aliphatic rings. The summed E-state index contributed by atoms with van der Waals surface area (Å²) < 4.78 is 4.72. The Morgan fingerprint density at radius 1 is 1.29 bits per heavy atom. The van der Waals surface area contributed by atoms with Gasteiger partial charge < -0.3 is 15.0 Å². The van der Waals surface area contributed by atoms with Crippen LogP contribution in [0.4, 0.5) is 5.69 Å². The maximum atomic E-state index is 12.1. The van der Waals surface area contributed by atoms with E-state index in [1.165, 1.54) is 24.9 Å². The Morgan fingerprint density at radius 3 is 2.62 bits per heavy atom. The summed E-state index contributed by atoms with van der Waals surface area (Å²) >= 11 is 0. The SMILES string of the molecule is COC(=O)c1ccccc1NC(=O)C[NH+]1CCC(C)CC1. The number of anilines is 1. The summed E-state index contributed by atoms with van der Waals surface area (Å²) in [5.41, 5.74) is 0.898. The van der Waals surface area contributed by atoms with Crippen LogP contribution in [0, 0.1) is 5.92 Å². The molecular formula is C16H23N2O3+. The zero-order valence-corrected chi connectivity index (χ0v) is 12.6. The summed E-state index contributed by atoms with van der Waals surface area (Å²) in [5.74, 6) is 0.262. The van der Waals surface area contributed by atoms with Gasteiger partial charge in [0.1, 0.15) is 0 Å². The van der Waals surface area contributed by atoms with Gasteiger partial charge in [-0.2, -0.15) is 0 Å². The number of rotatable bonds is 4. The van der Waals surface area contributed by atoms with Crippen molar-refractivity contribution in [1.82, 2.24) is 0 Å². The van der Waals surface area contributed by atoms with Crippen molar-refractivity contribution in [3.05, 3.63) is 29.8 Å².